The van der Waals surface area contributed by atoms with Gasteiger partial charge in [-0.3, -0.25) is 5.10 Å². The number of fused-ring (bicyclic) bond motifs is 3. The molecule has 2 aromatic carbocycles. The topological polar surface area (TPSA) is 49.9 Å². The van der Waals surface area contributed by atoms with Gasteiger partial charge in [0.15, 0.2) is 5.82 Å². The molecule has 4 nitrogen and oxygen atoms in total. The third kappa shape index (κ3) is 2.02. The van der Waals surface area contributed by atoms with Gasteiger partial charge >= 0.3 is 0 Å². The maximum Gasteiger partial charge on any atom is 0.156 e. The summed E-state index contributed by atoms with van der Waals surface area (Å²) in [4.78, 5) is 0. The molecule has 0 amide bonds. The lowest BCUT2D eigenvalue weighted by Gasteiger charge is -2.05. The highest BCUT2D eigenvalue weighted by molar-refractivity contribution is 5.80. The minimum atomic E-state index is -0.252. The third-order valence-electron chi connectivity index (χ3n) is 3.93. The summed E-state index contributed by atoms with van der Waals surface area (Å²) in [6.07, 6.45) is 0.814. The van der Waals surface area contributed by atoms with Gasteiger partial charge < -0.3 is 10.1 Å². The zero-order valence-corrected chi connectivity index (χ0v) is 12.0. The first-order valence-corrected chi connectivity index (χ1v) is 7.02. The van der Waals surface area contributed by atoms with Crippen LogP contribution in [0.15, 0.2) is 42.5 Å². The molecule has 1 aliphatic rings. The number of anilines is 2. The average molecular weight is 295 g/mol. The summed E-state index contributed by atoms with van der Waals surface area (Å²) in [5, 5.41) is 10.7. The second-order valence-corrected chi connectivity index (χ2v) is 5.26. The fraction of sp³-hybridized carbons (Fsp3) is 0.118. The SMILES string of the molecule is COc1ccc2c(c1)-c1[nH]nc(Nc3ccc(F)cc3)c1C2. The second-order valence-electron chi connectivity index (χ2n) is 5.26. The normalized spacial score (nSPS) is 11.9. The second kappa shape index (κ2) is 4.87. The Balaban J connectivity index is 1.68. The number of benzene rings is 2. The van der Waals surface area contributed by atoms with Crippen LogP contribution in [0.5, 0.6) is 5.75 Å². The van der Waals surface area contributed by atoms with Gasteiger partial charge in [-0.1, -0.05) is 6.07 Å². The Morgan fingerprint density at radius 3 is 2.77 bits per heavy atom. The molecule has 3 aromatic rings. The standard InChI is InChI=1S/C17H14FN3O/c1-22-13-7-2-10-8-15-16(14(10)9-13)20-21-17(15)19-12-5-3-11(18)4-6-12/h2-7,9H,8H2,1H3,(H2,19,20,21). The van der Waals surface area contributed by atoms with Gasteiger partial charge in [-0.05, 0) is 42.0 Å². The number of nitrogens with zero attached hydrogens (tertiary/aromatic N) is 1. The molecule has 0 atom stereocenters. The van der Waals surface area contributed by atoms with Gasteiger partial charge in [-0.15, -0.1) is 0 Å². The van der Waals surface area contributed by atoms with E-state index in [0.29, 0.717) is 0 Å². The van der Waals surface area contributed by atoms with Crippen LogP contribution in [0.2, 0.25) is 0 Å². The van der Waals surface area contributed by atoms with Crippen molar-refractivity contribution in [2.45, 2.75) is 6.42 Å². The maximum atomic E-state index is 13.0. The number of nitrogens with one attached hydrogen (secondary N) is 2. The fourth-order valence-corrected chi connectivity index (χ4v) is 2.79. The summed E-state index contributed by atoms with van der Waals surface area (Å²) in [5.74, 6) is 1.35. The maximum absolute atomic E-state index is 13.0. The van der Waals surface area contributed by atoms with Gasteiger partial charge in [0.05, 0.1) is 12.8 Å². The largest absolute Gasteiger partial charge is 0.497 e. The Morgan fingerprint density at radius 1 is 1.18 bits per heavy atom. The van der Waals surface area contributed by atoms with Crippen molar-refractivity contribution >= 4 is 11.5 Å². The van der Waals surface area contributed by atoms with E-state index >= 15 is 0 Å². The Hall–Kier alpha value is -2.82. The monoisotopic (exact) mass is 295 g/mol. The summed E-state index contributed by atoms with van der Waals surface area (Å²) in [6, 6.07) is 12.3. The fourth-order valence-electron chi connectivity index (χ4n) is 2.79. The van der Waals surface area contributed by atoms with Crippen molar-refractivity contribution in [3.8, 4) is 17.0 Å². The number of aromatic amines is 1. The molecule has 5 heteroatoms. The van der Waals surface area contributed by atoms with Crippen LogP contribution >= 0.6 is 0 Å². The van der Waals surface area contributed by atoms with Crippen LogP contribution in [0.1, 0.15) is 11.1 Å². The molecule has 0 bridgehead atoms. The van der Waals surface area contributed by atoms with E-state index < -0.39 is 0 Å². The van der Waals surface area contributed by atoms with Gasteiger partial charge in [0.1, 0.15) is 11.6 Å². The molecule has 2 N–H and O–H groups in total. The van der Waals surface area contributed by atoms with E-state index in [1.807, 2.05) is 12.1 Å². The lowest BCUT2D eigenvalue weighted by molar-refractivity contribution is 0.415. The molecule has 0 fully saturated rings. The predicted molar refractivity (Wildman–Crippen MR) is 83.1 cm³/mol. The summed E-state index contributed by atoms with van der Waals surface area (Å²) in [6.45, 7) is 0. The number of ether oxygens (including phenoxy) is 1. The van der Waals surface area contributed by atoms with Crippen LogP contribution in [0.25, 0.3) is 11.3 Å². The molecular weight excluding hydrogens is 281 g/mol. The van der Waals surface area contributed by atoms with E-state index in [1.54, 1.807) is 19.2 Å². The molecule has 110 valence electrons. The highest BCUT2D eigenvalue weighted by Gasteiger charge is 2.25. The molecular formula is C17H14FN3O. The lowest BCUT2D eigenvalue weighted by Crippen LogP contribution is -1.94. The first-order valence-electron chi connectivity index (χ1n) is 7.02. The summed E-state index contributed by atoms with van der Waals surface area (Å²) < 4.78 is 18.3. The molecule has 0 spiro atoms. The first kappa shape index (κ1) is 12.9. The molecule has 1 heterocycles. The van der Waals surface area contributed by atoms with Crippen molar-refractivity contribution in [1.29, 1.82) is 0 Å². The molecule has 1 aliphatic carbocycles. The Kier molecular flexibility index (Phi) is 2.85. The van der Waals surface area contributed by atoms with Crippen molar-refractivity contribution < 1.29 is 9.13 Å². The Morgan fingerprint density at radius 2 is 2.00 bits per heavy atom. The van der Waals surface area contributed by atoms with Crippen LogP contribution in [-0.4, -0.2) is 17.3 Å². The highest BCUT2D eigenvalue weighted by Crippen LogP contribution is 2.40. The first-order chi connectivity index (χ1) is 10.7. The van der Waals surface area contributed by atoms with Crippen molar-refractivity contribution in [3.63, 3.8) is 0 Å². The zero-order valence-electron chi connectivity index (χ0n) is 12.0. The molecule has 0 radical (unpaired) electrons. The van der Waals surface area contributed by atoms with Crippen LogP contribution in [0.3, 0.4) is 0 Å². The average Bonchev–Trinajstić information content (AvgIpc) is 3.09. The van der Waals surface area contributed by atoms with Crippen LogP contribution in [0, 0.1) is 5.82 Å². The number of H-pyrrole nitrogens is 1. The number of hydrogen-bond acceptors (Lipinski definition) is 3. The van der Waals surface area contributed by atoms with Gasteiger partial charge in [0.25, 0.3) is 0 Å². The predicted octanol–water partition coefficient (Wildman–Crippen LogP) is 3.87. The van der Waals surface area contributed by atoms with Crippen molar-refractivity contribution in [1.82, 2.24) is 10.2 Å². The van der Waals surface area contributed by atoms with Gasteiger partial charge in [-0.2, -0.15) is 5.10 Å². The van der Waals surface area contributed by atoms with Crippen molar-refractivity contribution in [3.05, 3.63) is 59.4 Å². The third-order valence-corrected chi connectivity index (χ3v) is 3.93. The number of methoxy groups -OCH3 is 1. The zero-order chi connectivity index (χ0) is 15.1. The molecule has 0 unspecified atom stereocenters. The van der Waals surface area contributed by atoms with Crippen LogP contribution < -0.4 is 10.1 Å². The Labute approximate surface area is 126 Å². The summed E-state index contributed by atoms with van der Waals surface area (Å²) >= 11 is 0. The van der Waals surface area contributed by atoms with Crippen LogP contribution in [-0.2, 0) is 6.42 Å². The summed E-state index contributed by atoms with van der Waals surface area (Å²) in [5.41, 5.74) is 5.30. The van der Waals surface area contributed by atoms with Crippen molar-refractivity contribution in [2.75, 3.05) is 12.4 Å². The molecule has 4 rings (SSSR count). The van der Waals surface area contributed by atoms with Crippen molar-refractivity contribution in [2.24, 2.45) is 0 Å². The highest BCUT2D eigenvalue weighted by atomic mass is 19.1. The van der Waals surface area contributed by atoms with Gasteiger partial charge in [-0.25, -0.2) is 4.39 Å². The molecule has 1 aromatic heterocycles. The van der Waals surface area contributed by atoms with Gasteiger partial charge in [0.2, 0.25) is 0 Å². The minimum absolute atomic E-state index is 0.252. The molecule has 0 saturated carbocycles. The Bertz CT molecular complexity index is 840. The molecule has 0 aliphatic heterocycles. The summed E-state index contributed by atoms with van der Waals surface area (Å²) in [7, 11) is 1.66. The number of hydrogen-bond donors (Lipinski definition) is 2. The van der Waals surface area contributed by atoms with E-state index in [9.17, 15) is 4.39 Å². The quantitative estimate of drug-likeness (QED) is 0.603. The van der Waals surface area contributed by atoms with E-state index in [4.69, 9.17) is 4.74 Å². The van der Waals surface area contributed by atoms with Crippen LogP contribution in [0.4, 0.5) is 15.9 Å². The van der Waals surface area contributed by atoms with E-state index in [2.05, 4.69) is 21.6 Å². The molecule has 22 heavy (non-hydrogen) atoms. The van der Waals surface area contributed by atoms with E-state index in [1.165, 1.54) is 17.7 Å². The van der Waals surface area contributed by atoms with E-state index in [0.717, 1.165) is 40.5 Å². The van der Waals surface area contributed by atoms with Gasteiger partial charge in [0, 0.05) is 23.2 Å². The lowest BCUT2D eigenvalue weighted by atomic mass is 10.1. The number of aromatic nitrogens is 2. The van der Waals surface area contributed by atoms with E-state index in [-0.39, 0.29) is 5.82 Å². The smallest absolute Gasteiger partial charge is 0.156 e. The number of halogens is 1. The molecule has 0 saturated heterocycles. The minimum Gasteiger partial charge on any atom is -0.497 e. The number of rotatable bonds is 3.